The summed E-state index contributed by atoms with van der Waals surface area (Å²) in [5.41, 5.74) is 11.6. The highest BCUT2D eigenvalue weighted by atomic mass is 14.6. The highest BCUT2D eigenvalue weighted by Crippen LogP contribution is 2.23. The van der Waals surface area contributed by atoms with Crippen molar-refractivity contribution >= 4 is 0 Å². The van der Waals surface area contributed by atoms with Crippen molar-refractivity contribution in [2.75, 3.05) is 0 Å². The number of hydrogen-bond donors (Lipinski definition) is 1. The van der Waals surface area contributed by atoms with Gasteiger partial charge < -0.3 is 5.73 Å². The van der Waals surface area contributed by atoms with Gasteiger partial charge in [-0.2, -0.15) is 0 Å². The van der Waals surface area contributed by atoms with Crippen LogP contribution in [0.2, 0.25) is 0 Å². The molecule has 1 nitrogen and oxygen atoms in total. The van der Waals surface area contributed by atoms with Crippen molar-refractivity contribution < 1.29 is 0 Å². The molecule has 0 heterocycles. The molecule has 1 unspecified atom stereocenters. The Morgan fingerprint density at radius 1 is 1.00 bits per heavy atom. The van der Waals surface area contributed by atoms with Gasteiger partial charge in [0.25, 0.3) is 0 Å². The first-order chi connectivity index (χ1) is 7.56. The smallest absolute Gasteiger partial charge is 0.0297 e. The van der Waals surface area contributed by atoms with Crippen molar-refractivity contribution in [2.24, 2.45) is 5.73 Å². The highest BCUT2D eigenvalue weighted by molar-refractivity contribution is 5.38. The van der Waals surface area contributed by atoms with Crippen molar-refractivity contribution in [1.29, 1.82) is 0 Å². The molecule has 1 aromatic rings. The molecule has 1 aromatic carbocycles. The molecule has 0 spiro atoms. The zero-order valence-corrected chi connectivity index (χ0v) is 11.1. The van der Waals surface area contributed by atoms with Crippen molar-refractivity contribution in [2.45, 2.75) is 59.4 Å². The largest absolute Gasteiger partial charge is 0.324 e. The number of rotatable bonds is 5. The van der Waals surface area contributed by atoms with E-state index in [1.54, 1.807) is 0 Å². The molecule has 0 aliphatic heterocycles. The molecule has 0 saturated carbocycles. The van der Waals surface area contributed by atoms with Crippen LogP contribution >= 0.6 is 0 Å². The minimum absolute atomic E-state index is 0.214. The minimum Gasteiger partial charge on any atom is -0.324 e. The number of unbranched alkanes of at least 4 members (excludes halogenated alkanes) is 2. The number of hydrogen-bond acceptors (Lipinski definition) is 1. The Morgan fingerprint density at radius 2 is 1.62 bits per heavy atom. The Morgan fingerprint density at radius 3 is 2.25 bits per heavy atom. The fraction of sp³-hybridized carbons (Fsp3) is 0.600. The second-order valence-corrected chi connectivity index (χ2v) is 4.90. The van der Waals surface area contributed by atoms with E-state index in [1.807, 2.05) is 0 Å². The van der Waals surface area contributed by atoms with Gasteiger partial charge in [0, 0.05) is 6.04 Å². The summed E-state index contributed by atoms with van der Waals surface area (Å²) < 4.78 is 0. The Labute approximate surface area is 100 Å². The van der Waals surface area contributed by atoms with Crippen LogP contribution in [0.3, 0.4) is 0 Å². The van der Waals surface area contributed by atoms with E-state index in [0.717, 1.165) is 6.42 Å². The van der Waals surface area contributed by atoms with Crippen LogP contribution in [0, 0.1) is 20.8 Å². The summed E-state index contributed by atoms with van der Waals surface area (Å²) in [6.07, 6.45) is 4.90. The standard InChI is InChI=1S/C15H25N/c1-5-6-7-8-15(16)14-10-12(3)11(2)9-13(14)4/h9-10,15H,5-8,16H2,1-4H3. The fourth-order valence-corrected chi connectivity index (χ4v) is 2.15. The second kappa shape index (κ2) is 6.05. The first-order valence-electron chi connectivity index (χ1n) is 6.39. The summed E-state index contributed by atoms with van der Waals surface area (Å²) in [7, 11) is 0. The minimum atomic E-state index is 0.214. The van der Waals surface area contributed by atoms with E-state index < -0.39 is 0 Å². The molecule has 90 valence electrons. The zero-order valence-electron chi connectivity index (χ0n) is 11.1. The van der Waals surface area contributed by atoms with Gasteiger partial charge in [-0.1, -0.05) is 38.3 Å². The van der Waals surface area contributed by atoms with E-state index in [-0.39, 0.29) is 6.04 Å². The molecule has 0 saturated heterocycles. The van der Waals surface area contributed by atoms with Crippen LogP contribution in [-0.4, -0.2) is 0 Å². The van der Waals surface area contributed by atoms with Gasteiger partial charge in [-0.25, -0.2) is 0 Å². The second-order valence-electron chi connectivity index (χ2n) is 4.90. The first kappa shape index (κ1) is 13.2. The molecule has 16 heavy (non-hydrogen) atoms. The predicted octanol–water partition coefficient (Wildman–Crippen LogP) is 4.19. The third kappa shape index (κ3) is 3.34. The lowest BCUT2D eigenvalue weighted by Gasteiger charge is -2.16. The molecule has 1 rings (SSSR count). The normalized spacial score (nSPS) is 12.8. The lowest BCUT2D eigenvalue weighted by atomic mass is 9.93. The molecule has 0 radical (unpaired) electrons. The Kier molecular flexibility index (Phi) is 5.01. The summed E-state index contributed by atoms with van der Waals surface area (Å²) in [4.78, 5) is 0. The van der Waals surface area contributed by atoms with E-state index in [2.05, 4.69) is 39.8 Å². The van der Waals surface area contributed by atoms with E-state index >= 15 is 0 Å². The summed E-state index contributed by atoms with van der Waals surface area (Å²) in [6.45, 7) is 8.72. The van der Waals surface area contributed by atoms with Crippen LogP contribution in [0.4, 0.5) is 0 Å². The van der Waals surface area contributed by atoms with Crippen LogP contribution < -0.4 is 5.73 Å². The lowest BCUT2D eigenvalue weighted by molar-refractivity contribution is 0.579. The maximum atomic E-state index is 6.26. The SMILES string of the molecule is CCCCCC(N)c1cc(C)c(C)cc1C. The molecule has 0 bridgehead atoms. The Hall–Kier alpha value is -0.820. The predicted molar refractivity (Wildman–Crippen MR) is 71.7 cm³/mol. The molecule has 0 fully saturated rings. The van der Waals surface area contributed by atoms with Gasteiger partial charge in [0.2, 0.25) is 0 Å². The van der Waals surface area contributed by atoms with Crippen molar-refractivity contribution in [3.63, 3.8) is 0 Å². The summed E-state index contributed by atoms with van der Waals surface area (Å²) >= 11 is 0. The van der Waals surface area contributed by atoms with Crippen molar-refractivity contribution in [3.8, 4) is 0 Å². The number of aryl methyl sites for hydroxylation is 3. The number of nitrogens with two attached hydrogens (primary N) is 1. The molecule has 0 aliphatic rings. The summed E-state index contributed by atoms with van der Waals surface area (Å²) in [5.74, 6) is 0. The van der Waals surface area contributed by atoms with E-state index in [0.29, 0.717) is 0 Å². The Balaban J connectivity index is 2.75. The summed E-state index contributed by atoms with van der Waals surface area (Å²) in [6, 6.07) is 4.73. The molecule has 0 amide bonds. The van der Waals surface area contributed by atoms with Crippen LogP contribution in [0.25, 0.3) is 0 Å². The van der Waals surface area contributed by atoms with E-state index in [9.17, 15) is 0 Å². The quantitative estimate of drug-likeness (QED) is 0.738. The monoisotopic (exact) mass is 219 g/mol. The van der Waals surface area contributed by atoms with Crippen molar-refractivity contribution in [3.05, 3.63) is 34.4 Å². The van der Waals surface area contributed by atoms with E-state index in [1.165, 1.54) is 41.5 Å². The maximum Gasteiger partial charge on any atom is 0.0297 e. The third-order valence-electron chi connectivity index (χ3n) is 3.40. The molecule has 1 heteroatoms. The molecule has 2 N–H and O–H groups in total. The molecule has 0 aliphatic carbocycles. The van der Waals surface area contributed by atoms with Gasteiger partial charge >= 0.3 is 0 Å². The van der Waals surface area contributed by atoms with Gasteiger partial charge in [0.1, 0.15) is 0 Å². The zero-order chi connectivity index (χ0) is 12.1. The Bertz CT molecular complexity index is 342. The average Bonchev–Trinajstić information content (AvgIpc) is 2.23. The van der Waals surface area contributed by atoms with Gasteiger partial charge in [0.15, 0.2) is 0 Å². The topological polar surface area (TPSA) is 26.0 Å². The summed E-state index contributed by atoms with van der Waals surface area (Å²) in [5, 5.41) is 0. The van der Waals surface area contributed by atoms with Crippen LogP contribution in [-0.2, 0) is 0 Å². The van der Waals surface area contributed by atoms with Gasteiger partial charge in [-0.3, -0.25) is 0 Å². The molecular formula is C15H25N. The molecule has 0 aromatic heterocycles. The fourth-order valence-electron chi connectivity index (χ4n) is 2.15. The van der Waals surface area contributed by atoms with Gasteiger partial charge in [-0.15, -0.1) is 0 Å². The maximum absolute atomic E-state index is 6.26. The van der Waals surface area contributed by atoms with Crippen LogP contribution in [0.1, 0.15) is 60.9 Å². The number of benzene rings is 1. The van der Waals surface area contributed by atoms with Crippen LogP contribution in [0.15, 0.2) is 12.1 Å². The lowest BCUT2D eigenvalue weighted by Crippen LogP contribution is -2.12. The molecule has 1 atom stereocenters. The van der Waals surface area contributed by atoms with Gasteiger partial charge in [-0.05, 0) is 49.4 Å². The first-order valence-corrected chi connectivity index (χ1v) is 6.39. The van der Waals surface area contributed by atoms with Crippen molar-refractivity contribution in [1.82, 2.24) is 0 Å². The van der Waals surface area contributed by atoms with E-state index in [4.69, 9.17) is 5.73 Å². The third-order valence-corrected chi connectivity index (χ3v) is 3.40. The molecular weight excluding hydrogens is 194 g/mol. The highest BCUT2D eigenvalue weighted by Gasteiger charge is 2.09. The average molecular weight is 219 g/mol. The van der Waals surface area contributed by atoms with Gasteiger partial charge in [0.05, 0.1) is 0 Å². The van der Waals surface area contributed by atoms with Crippen LogP contribution in [0.5, 0.6) is 0 Å².